The molecule has 9 heteroatoms. The van der Waals surface area contributed by atoms with E-state index in [1.807, 2.05) is 18.7 Å². The van der Waals surface area contributed by atoms with Crippen molar-refractivity contribution < 1.29 is 14.3 Å². The fraction of sp³-hybridized carbons (Fsp3) is 0.542. The number of benzene rings is 1. The summed E-state index contributed by atoms with van der Waals surface area (Å²) < 4.78 is 14.1. The summed E-state index contributed by atoms with van der Waals surface area (Å²) in [5.74, 6) is 0.00627. The second-order valence-corrected chi connectivity index (χ2v) is 9.66. The molecule has 1 aromatic carbocycles. The van der Waals surface area contributed by atoms with E-state index in [2.05, 4.69) is 27.1 Å². The Labute approximate surface area is 199 Å². The summed E-state index contributed by atoms with van der Waals surface area (Å²) >= 11 is 5.86. The number of anilines is 1. The van der Waals surface area contributed by atoms with E-state index in [1.54, 1.807) is 6.07 Å². The lowest BCUT2D eigenvalue weighted by Crippen LogP contribution is -2.51. The van der Waals surface area contributed by atoms with Crippen molar-refractivity contribution in [2.75, 3.05) is 37.6 Å². The number of aliphatic hydroxyl groups excluding tert-OH is 1. The minimum atomic E-state index is -0.548. The molecule has 1 aliphatic carbocycles. The molecule has 2 aliphatic rings. The number of fused-ring (bicyclic) bond motifs is 1. The number of hydrogen-bond donors (Lipinski definition) is 2. The number of halogens is 2. The Balaban J connectivity index is 1.49. The largest absolute Gasteiger partial charge is 0.387 e. The molecule has 0 radical (unpaired) electrons. The summed E-state index contributed by atoms with van der Waals surface area (Å²) in [7, 11) is 0. The number of piperazine rings is 1. The molecule has 0 bridgehead atoms. The summed E-state index contributed by atoms with van der Waals surface area (Å²) in [4.78, 5) is 26.3. The van der Waals surface area contributed by atoms with Crippen molar-refractivity contribution in [1.82, 2.24) is 20.2 Å². The van der Waals surface area contributed by atoms with Gasteiger partial charge in [0.25, 0.3) is 0 Å². The molecule has 178 valence electrons. The first-order chi connectivity index (χ1) is 15.8. The van der Waals surface area contributed by atoms with E-state index in [1.165, 1.54) is 18.5 Å². The highest BCUT2D eigenvalue weighted by Crippen LogP contribution is 2.42. The molecule has 3 atom stereocenters. The molecule has 0 saturated carbocycles. The van der Waals surface area contributed by atoms with Crippen molar-refractivity contribution in [3.8, 4) is 0 Å². The van der Waals surface area contributed by atoms with Crippen LogP contribution < -0.4 is 10.2 Å². The van der Waals surface area contributed by atoms with Crippen molar-refractivity contribution in [2.24, 2.45) is 0 Å². The van der Waals surface area contributed by atoms with E-state index in [4.69, 9.17) is 11.6 Å². The van der Waals surface area contributed by atoms with Gasteiger partial charge in [0, 0.05) is 44.3 Å². The highest BCUT2D eigenvalue weighted by atomic mass is 35.5. The third kappa shape index (κ3) is 4.98. The molecule has 1 saturated heterocycles. The maximum absolute atomic E-state index is 14.1. The minimum absolute atomic E-state index is 0.0266. The van der Waals surface area contributed by atoms with Gasteiger partial charge in [-0.15, -0.1) is 0 Å². The number of aliphatic hydroxyl groups is 1. The van der Waals surface area contributed by atoms with Crippen molar-refractivity contribution in [3.05, 3.63) is 52.2 Å². The summed E-state index contributed by atoms with van der Waals surface area (Å²) in [5, 5.41) is 13.6. The first kappa shape index (κ1) is 23.9. The SMILES string of the molecule is CC(C)NC[C@@H](C(=O)N1CCN(c2ncnc3c2C(C)C[C@@H]3O)CC1)c1ccc(Cl)c(F)c1. The molecule has 2 aromatic rings. The molecule has 1 unspecified atom stereocenters. The predicted molar refractivity (Wildman–Crippen MR) is 126 cm³/mol. The summed E-state index contributed by atoms with van der Waals surface area (Å²) in [6.45, 7) is 8.90. The zero-order valence-electron chi connectivity index (χ0n) is 19.3. The Kier molecular flexibility index (Phi) is 7.16. The maximum atomic E-state index is 14.1. The van der Waals surface area contributed by atoms with Crippen LogP contribution in [0.1, 0.15) is 62.0 Å². The average Bonchev–Trinajstić information content (AvgIpc) is 3.09. The van der Waals surface area contributed by atoms with E-state index in [-0.39, 0.29) is 22.9 Å². The first-order valence-electron chi connectivity index (χ1n) is 11.5. The molecule has 0 spiro atoms. The van der Waals surface area contributed by atoms with Crippen LogP contribution in [0.15, 0.2) is 24.5 Å². The van der Waals surface area contributed by atoms with Gasteiger partial charge in [0.2, 0.25) is 5.91 Å². The standard InChI is InChI=1S/C24H31ClFN5O2/c1-14(2)27-12-17(16-4-5-18(25)19(26)11-16)24(33)31-8-6-30(7-9-31)23-21-15(3)10-20(32)22(21)28-13-29-23/h4-5,11,13-15,17,20,27,32H,6-10,12H2,1-3H3/t15?,17-,20+/m1/s1. The lowest BCUT2D eigenvalue weighted by atomic mass is 9.96. The summed E-state index contributed by atoms with van der Waals surface area (Å²) in [6, 6.07) is 4.79. The monoisotopic (exact) mass is 475 g/mol. The fourth-order valence-electron chi connectivity index (χ4n) is 4.74. The van der Waals surface area contributed by atoms with Crippen LogP contribution >= 0.6 is 11.6 Å². The van der Waals surface area contributed by atoms with Crippen LogP contribution in [0.2, 0.25) is 5.02 Å². The molecule has 2 N–H and O–H groups in total. The van der Waals surface area contributed by atoms with Crippen LogP contribution in [0.25, 0.3) is 0 Å². The fourth-order valence-corrected chi connectivity index (χ4v) is 4.86. The lowest BCUT2D eigenvalue weighted by Gasteiger charge is -2.38. The third-order valence-electron chi connectivity index (χ3n) is 6.54. The number of amides is 1. The van der Waals surface area contributed by atoms with E-state index in [9.17, 15) is 14.3 Å². The van der Waals surface area contributed by atoms with Crippen LogP contribution in [0.3, 0.4) is 0 Å². The molecule has 2 heterocycles. The lowest BCUT2D eigenvalue weighted by molar-refractivity contribution is -0.133. The zero-order chi connectivity index (χ0) is 23.7. The Morgan fingerprint density at radius 1 is 1.27 bits per heavy atom. The third-order valence-corrected chi connectivity index (χ3v) is 6.85. The highest BCUT2D eigenvalue weighted by molar-refractivity contribution is 6.30. The van der Waals surface area contributed by atoms with E-state index in [0.29, 0.717) is 44.7 Å². The molecule has 33 heavy (non-hydrogen) atoms. The van der Waals surface area contributed by atoms with E-state index >= 15 is 0 Å². The van der Waals surface area contributed by atoms with Crippen molar-refractivity contribution in [3.63, 3.8) is 0 Å². The second-order valence-electron chi connectivity index (χ2n) is 9.25. The number of hydrogen-bond acceptors (Lipinski definition) is 6. The Morgan fingerprint density at radius 2 is 2.00 bits per heavy atom. The molecule has 1 aromatic heterocycles. The summed E-state index contributed by atoms with van der Waals surface area (Å²) in [5.41, 5.74) is 2.35. The van der Waals surface area contributed by atoms with Crippen LogP contribution in [0, 0.1) is 5.82 Å². The molecule has 4 rings (SSSR count). The van der Waals surface area contributed by atoms with Crippen LogP contribution in [-0.2, 0) is 4.79 Å². The van der Waals surface area contributed by atoms with E-state index in [0.717, 1.165) is 17.1 Å². The Bertz CT molecular complexity index is 1010. The highest BCUT2D eigenvalue weighted by Gasteiger charge is 2.35. The van der Waals surface area contributed by atoms with Gasteiger partial charge in [-0.1, -0.05) is 38.4 Å². The first-order valence-corrected chi connectivity index (χ1v) is 11.9. The molecule has 7 nitrogen and oxygen atoms in total. The van der Waals surface area contributed by atoms with Crippen LogP contribution in [0.5, 0.6) is 0 Å². The Morgan fingerprint density at radius 3 is 2.67 bits per heavy atom. The molecule has 1 aliphatic heterocycles. The van der Waals surface area contributed by atoms with Gasteiger partial charge in [0.05, 0.1) is 22.7 Å². The molecule has 1 fully saturated rings. The normalized spacial score (nSPS) is 21.4. The van der Waals surface area contributed by atoms with Crippen LogP contribution in [0.4, 0.5) is 10.2 Å². The number of nitrogens with one attached hydrogen (secondary N) is 1. The van der Waals surface area contributed by atoms with Crippen molar-refractivity contribution >= 4 is 23.3 Å². The van der Waals surface area contributed by atoms with Crippen LogP contribution in [-0.4, -0.2) is 64.6 Å². The van der Waals surface area contributed by atoms with Gasteiger partial charge in [0.1, 0.15) is 18.0 Å². The molecule has 1 amide bonds. The number of rotatable bonds is 6. The number of nitrogens with zero attached hydrogens (tertiary/aromatic N) is 4. The average molecular weight is 476 g/mol. The van der Waals surface area contributed by atoms with Crippen molar-refractivity contribution in [1.29, 1.82) is 0 Å². The zero-order valence-corrected chi connectivity index (χ0v) is 20.0. The van der Waals surface area contributed by atoms with E-state index < -0.39 is 17.8 Å². The predicted octanol–water partition coefficient (Wildman–Crippen LogP) is 3.24. The van der Waals surface area contributed by atoms with Crippen molar-refractivity contribution in [2.45, 2.75) is 51.2 Å². The molecular weight excluding hydrogens is 445 g/mol. The smallest absolute Gasteiger partial charge is 0.231 e. The van der Waals surface area contributed by atoms with Gasteiger partial charge < -0.3 is 20.2 Å². The van der Waals surface area contributed by atoms with Gasteiger partial charge in [-0.05, 0) is 30.0 Å². The Hall–Kier alpha value is -2.29. The minimum Gasteiger partial charge on any atom is -0.387 e. The molecular formula is C24H31ClFN5O2. The van der Waals surface area contributed by atoms with Gasteiger partial charge in [0.15, 0.2) is 0 Å². The number of carbonyl (C=O) groups is 1. The maximum Gasteiger partial charge on any atom is 0.231 e. The van der Waals surface area contributed by atoms with Gasteiger partial charge in [-0.3, -0.25) is 4.79 Å². The topological polar surface area (TPSA) is 81.6 Å². The van der Waals surface area contributed by atoms with Gasteiger partial charge in [-0.25, -0.2) is 14.4 Å². The quantitative estimate of drug-likeness (QED) is 0.667. The van der Waals surface area contributed by atoms with Gasteiger partial charge >= 0.3 is 0 Å². The second kappa shape index (κ2) is 9.91. The summed E-state index contributed by atoms with van der Waals surface area (Å²) in [6.07, 6.45) is 1.62. The number of carbonyl (C=O) groups excluding carboxylic acids is 1. The number of aromatic nitrogens is 2. The van der Waals surface area contributed by atoms with Gasteiger partial charge in [-0.2, -0.15) is 0 Å².